The number of furan rings is 1. The van der Waals surface area contributed by atoms with Gasteiger partial charge in [0.1, 0.15) is 0 Å². The van der Waals surface area contributed by atoms with Crippen molar-refractivity contribution in [2.45, 2.75) is 58.8 Å². The summed E-state index contributed by atoms with van der Waals surface area (Å²) in [7, 11) is 0. The zero-order valence-corrected chi connectivity index (χ0v) is 15.5. The molecule has 0 radical (unpaired) electrons. The van der Waals surface area contributed by atoms with E-state index < -0.39 is 5.82 Å². The lowest BCUT2D eigenvalue weighted by atomic mass is 10.0. The standard InChI is InChI=1S/C22H26F2O2/c1-3-5-7-8-14-25-18-13-12-17-16-11-10-15(9-6-4-2)19(23)21(16)26-22(17)20(18)24/h10-13H,3-9,14H2,1-2H3. The van der Waals surface area contributed by atoms with Crippen molar-refractivity contribution >= 4 is 21.9 Å². The van der Waals surface area contributed by atoms with Crippen molar-refractivity contribution in [3.8, 4) is 5.75 Å². The molecule has 3 aromatic rings. The highest BCUT2D eigenvalue weighted by atomic mass is 19.1. The van der Waals surface area contributed by atoms with E-state index in [9.17, 15) is 8.78 Å². The van der Waals surface area contributed by atoms with Crippen LogP contribution in [0.2, 0.25) is 0 Å². The van der Waals surface area contributed by atoms with E-state index in [2.05, 4.69) is 13.8 Å². The Morgan fingerprint density at radius 2 is 1.50 bits per heavy atom. The van der Waals surface area contributed by atoms with Crippen LogP contribution in [0.3, 0.4) is 0 Å². The van der Waals surface area contributed by atoms with Crippen LogP contribution in [0.5, 0.6) is 5.75 Å². The maximum Gasteiger partial charge on any atom is 0.208 e. The summed E-state index contributed by atoms with van der Waals surface area (Å²) in [6.45, 7) is 4.68. The molecule has 0 amide bonds. The number of hydrogen-bond donors (Lipinski definition) is 0. The minimum absolute atomic E-state index is 0.0672. The predicted molar refractivity (Wildman–Crippen MR) is 102 cm³/mol. The van der Waals surface area contributed by atoms with Crippen LogP contribution in [-0.4, -0.2) is 6.61 Å². The highest BCUT2D eigenvalue weighted by Gasteiger charge is 2.19. The lowest BCUT2D eigenvalue weighted by Gasteiger charge is -2.07. The fraction of sp³-hybridized carbons (Fsp3) is 0.455. The molecule has 0 saturated carbocycles. The Hall–Kier alpha value is -2.10. The van der Waals surface area contributed by atoms with Gasteiger partial charge < -0.3 is 9.15 Å². The first-order valence-electron chi connectivity index (χ1n) is 9.62. The van der Waals surface area contributed by atoms with Gasteiger partial charge in [-0.2, -0.15) is 4.39 Å². The molecule has 2 aromatic carbocycles. The summed E-state index contributed by atoms with van der Waals surface area (Å²) < 4.78 is 40.7. The van der Waals surface area contributed by atoms with Crippen LogP contribution in [0.1, 0.15) is 57.9 Å². The summed E-state index contributed by atoms with van der Waals surface area (Å²) in [6, 6.07) is 6.95. The van der Waals surface area contributed by atoms with Crippen LogP contribution >= 0.6 is 0 Å². The monoisotopic (exact) mass is 360 g/mol. The normalized spacial score (nSPS) is 11.5. The van der Waals surface area contributed by atoms with Crippen molar-refractivity contribution in [3.63, 3.8) is 0 Å². The van der Waals surface area contributed by atoms with E-state index in [1.807, 2.05) is 6.07 Å². The first-order valence-corrected chi connectivity index (χ1v) is 9.62. The molecule has 0 N–H and O–H groups in total. The minimum atomic E-state index is -0.552. The Morgan fingerprint density at radius 1 is 0.808 bits per heavy atom. The molecule has 1 aromatic heterocycles. The van der Waals surface area contributed by atoms with E-state index in [4.69, 9.17) is 9.15 Å². The first-order chi connectivity index (χ1) is 12.7. The molecule has 0 aliphatic rings. The van der Waals surface area contributed by atoms with Crippen LogP contribution in [-0.2, 0) is 6.42 Å². The Morgan fingerprint density at radius 3 is 2.23 bits per heavy atom. The van der Waals surface area contributed by atoms with Gasteiger partial charge in [0, 0.05) is 10.8 Å². The third-order valence-corrected chi connectivity index (χ3v) is 4.79. The number of rotatable bonds is 9. The summed E-state index contributed by atoms with van der Waals surface area (Å²) >= 11 is 0. The second-order valence-corrected chi connectivity index (χ2v) is 6.78. The van der Waals surface area contributed by atoms with E-state index >= 15 is 0 Å². The number of halogens is 2. The third kappa shape index (κ3) is 3.69. The molecule has 0 fully saturated rings. The highest BCUT2D eigenvalue weighted by molar-refractivity contribution is 6.05. The van der Waals surface area contributed by atoms with Gasteiger partial charge in [-0.15, -0.1) is 0 Å². The Kier molecular flexibility index (Phi) is 6.12. The van der Waals surface area contributed by atoms with Crippen molar-refractivity contribution in [2.75, 3.05) is 6.61 Å². The third-order valence-electron chi connectivity index (χ3n) is 4.79. The summed E-state index contributed by atoms with van der Waals surface area (Å²) in [5, 5.41) is 1.18. The number of fused-ring (bicyclic) bond motifs is 3. The molecule has 0 bridgehead atoms. The molecule has 0 saturated heterocycles. The van der Waals surface area contributed by atoms with E-state index in [-0.39, 0.29) is 22.7 Å². The van der Waals surface area contributed by atoms with Crippen LogP contribution in [0.15, 0.2) is 28.7 Å². The molecule has 0 spiro atoms. The zero-order chi connectivity index (χ0) is 18.5. The van der Waals surface area contributed by atoms with Crippen LogP contribution in [0, 0.1) is 11.6 Å². The molecular weight excluding hydrogens is 334 g/mol. The topological polar surface area (TPSA) is 22.4 Å². The van der Waals surface area contributed by atoms with Gasteiger partial charge in [-0.25, -0.2) is 4.39 Å². The summed E-state index contributed by atoms with van der Waals surface area (Å²) in [5.41, 5.74) is 0.816. The Labute approximate surface area is 153 Å². The van der Waals surface area contributed by atoms with Crippen molar-refractivity contribution in [1.29, 1.82) is 0 Å². The number of benzene rings is 2. The van der Waals surface area contributed by atoms with Crippen molar-refractivity contribution in [1.82, 2.24) is 0 Å². The molecule has 4 heteroatoms. The van der Waals surface area contributed by atoms with Crippen molar-refractivity contribution in [3.05, 3.63) is 41.5 Å². The number of aryl methyl sites for hydroxylation is 1. The van der Waals surface area contributed by atoms with E-state index in [0.29, 0.717) is 29.4 Å². The number of unbranched alkanes of at least 4 members (excludes halogenated alkanes) is 4. The zero-order valence-electron chi connectivity index (χ0n) is 15.5. The minimum Gasteiger partial charge on any atom is -0.490 e. The highest BCUT2D eigenvalue weighted by Crippen LogP contribution is 2.36. The average molecular weight is 360 g/mol. The number of hydrogen-bond acceptors (Lipinski definition) is 2. The molecular formula is C22H26F2O2. The van der Waals surface area contributed by atoms with E-state index in [1.54, 1.807) is 18.2 Å². The lowest BCUT2D eigenvalue weighted by Crippen LogP contribution is -1.99. The number of ether oxygens (including phenoxy) is 1. The summed E-state index contributed by atoms with van der Waals surface area (Å²) in [4.78, 5) is 0. The van der Waals surface area contributed by atoms with Gasteiger partial charge in [0.2, 0.25) is 5.82 Å². The Balaban J connectivity index is 1.90. The molecule has 26 heavy (non-hydrogen) atoms. The van der Waals surface area contributed by atoms with Gasteiger partial charge in [-0.05, 0) is 43.0 Å². The second-order valence-electron chi connectivity index (χ2n) is 6.78. The molecule has 3 rings (SSSR count). The smallest absolute Gasteiger partial charge is 0.208 e. The fourth-order valence-electron chi connectivity index (χ4n) is 3.24. The summed E-state index contributed by atoms with van der Waals surface area (Å²) in [6.07, 6.45) is 6.80. The molecule has 0 atom stereocenters. The quantitative estimate of drug-likeness (QED) is 0.378. The Bertz CT molecular complexity index is 883. The molecule has 1 heterocycles. The van der Waals surface area contributed by atoms with Gasteiger partial charge >= 0.3 is 0 Å². The SMILES string of the molecule is CCCCCCOc1ccc2c(oc3c(F)c(CCCC)ccc32)c1F. The predicted octanol–water partition coefficient (Wildman–Crippen LogP) is 7.17. The van der Waals surface area contributed by atoms with Crippen LogP contribution in [0.25, 0.3) is 21.9 Å². The van der Waals surface area contributed by atoms with Gasteiger partial charge in [0.05, 0.1) is 6.61 Å². The maximum absolute atomic E-state index is 14.8. The summed E-state index contributed by atoms with van der Waals surface area (Å²) in [5.74, 6) is -0.767. The lowest BCUT2D eigenvalue weighted by molar-refractivity contribution is 0.290. The van der Waals surface area contributed by atoms with E-state index in [0.717, 1.165) is 38.5 Å². The van der Waals surface area contributed by atoms with Gasteiger partial charge in [-0.1, -0.05) is 45.6 Å². The molecule has 140 valence electrons. The second kappa shape index (κ2) is 8.52. The van der Waals surface area contributed by atoms with Gasteiger partial charge in [0.25, 0.3) is 0 Å². The first kappa shape index (κ1) is 18.7. The molecule has 0 aliphatic heterocycles. The van der Waals surface area contributed by atoms with Crippen molar-refractivity contribution in [2.24, 2.45) is 0 Å². The van der Waals surface area contributed by atoms with Crippen molar-refractivity contribution < 1.29 is 17.9 Å². The van der Waals surface area contributed by atoms with Crippen LogP contribution < -0.4 is 4.74 Å². The van der Waals surface area contributed by atoms with Gasteiger partial charge in [-0.3, -0.25) is 0 Å². The maximum atomic E-state index is 14.8. The fourth-order valence-corrected chi connectivity index (χ4v) is 3.24. The van der Waals surface area contributed by atoms with Gasteiger partial charge in [0.15, 0.2) is 22.7 Å². The van der Waals surface area contributed by atoms with E-state index in [1.165, 1.54) is 0 Å². The molecule has 2 nitrogen and oxygen atoms in total. The molecule has 0 aliphatic carbocycles. The largest absolute Gasteiger partial charge is 0.490 e. The van der Waals surface area contributed by atoms with Crippen LogP contribution in [0.4, 0.5) is 8.78 Å². The molecule has 0 unspecified atom stereocenters. The average Bonchev–Trinajstić information content (AvgIpc) is 3.03.